The van der Waals surface area contributed by atoms with Gasteiger partial charge in [-0.15, -0.1) is 0 Å². The third kappa shape index (κ3) is 1.26. The monoisotopic (exact) mass is 250 g/mol. The Morgan fingerprint density at radius 2 is 1.89 bits per heavy atom. The first kappa shape index (κ1) is 10.8. The summed E-state index contributed by atoms with van der Waals surface area (Å²) >= 11 is 0. The summed E-state index contributed by atoms with van der Waals surface area (Å²) in [5.74, 6) is -3.06. The first-order chi connectivity index (χ1) is 8.65. The minimum atomic E-state index is -1.68. The van der Waals surface area contributed by atoms with Gasteiger partial charge in [-0.1, -0.05) is 12.1 Å². The van der Waals surface area contributed by atoms with Crippen molar-refractivity contribution in [3.63, 3.8) is 0 Å². The molecule has 0 aliphatic carbocycles. The van der Waals surface area contributed by atoms with Crippen LogP contribution < -0.4 is 4.74 Å². The van der Waals surface area contributed by atoms with E-state index in [1.165, 1.54) is 0 Å². The molecule has 6 heteroatoms. The molecule has 0 saturated heterocycles. The van der Waals surface area contributed by atoms with Crippen molar-refractivity contribution in [2.45, 2.75) is 5.79 Å². The lowest BCUT2D eigenvalue weighted by Crippen LogP contribution is -2.41. The van der Waals surface area contributed by atoms with E-state index in [1.54, 1.807) is 24.3 Å². The molecule has 0 fully saturated rings. The summed E-state index contributed by atoms with van der Waals surface area (Å²) < 4.78 is 15.8. The Kier molecular flexibility index (Phi) is 2.14. The molecule has 2 aliphatic heterocycles. The van der Waals surface area contributed by atoms with Crippen LogP contribution in [0.2, 0.25) is 0 Å². The Balaban J connectivity index is 2.20. The molecule has 3 rings (SSSR count). The van der Waals surface area contributed by atoms with Crippen molar-refractivity contribution in [1.29, 1.82) is 0 Å². The zero-order valence-electron chi connectivity index (χ0n) is 9.16. The molecule has 18 heavy (non-hydrogen) atoms. The fourth-order valence-corrected chi connectivity index (χ4v) is 1.94. The summed E-state index contributed by atoms with van der Waals surface area (Å²) in [6.45, 7) is -0.150. The number of fused-ring (bicyclic) bond motifs is 2. The molecule has 1 spiro atoms. The zero-order chi connectivity index (χ0) is 12.8. The number of para-hydroxylation sites is 1. The minimum absolute atomic E-state index is 0.150. The summed E-state index contributed by atoms with van der Waals surface area (Å²) in [6, 6.07) is 6.79. The molecule has 2 aliphatic rings. The maximum atomic E-state index is 9.99. The smallest absolute Gasteiger partial charge is 0.306 e. The first-order valence-electron chi connectivity index (χ1n) is 5.21. The molecule has 3 N–H and O–H groups in total. The summed E-state index contributed by atoms with van der Waals surface area (Å²) in [7, 11) is 0. The lowest BCUT2D eigenvalue weighted by molar-refractivity contribution is -0.255. The molecule has 0 aromatic heterocycles. The average Bonchev–Trinajstić information content (AvgIpc) is 2.41. The van der Waals surface area contributed by atoms with Gasteiger partial charge < -0.3 is 24.8 Å². The second-order valence-electron chi connectivity index (χ2n) is 3.84. The Morgan fingerprint density at radius 3 is 2.72 bits per heavy atom. The Hall–Kier alpha value is -2.34. The van der Waals surface area contributed by atoms with Gasteiger partial charge in [-0.3, -0.25) is 4.74 Å². The maximum Gasteiger partial charge on any atom is 0.306 e. The van der Waals surface area contributed by atoms with Gasteiger partial charge in [0.1, 0.15) is 12.0 Å². The lowest BCUT2D eigenvalue weighted by atomic mass is 9.99. The number of aliphatic hydroxyl groups is 3. The molecule has 1 aromatic carbocycles. The third-order valence-electron chi connectivity index (χ3n) is 2.83. The highest BCUT2D eigenvalue weighted by molar-refractivity contribution is 5.44. The van der Waals surface area contributed by atoms with E-state index in [-0.39, 0.29) is 6.79 Å². The number of hydrogen-bond donors (Lipinski definition) is 3. The number of rotatable bonds is 0. The van der Waals surface area contributed by atoms with Crippen LogP contribution in [0.3, 0.4) is 0 Å². The second kappa shape index (κ2) is 3.58. The van der Waals surface area contributed by atoms with Gasteiger partial charge in [0, 0.05) is 0 Å². The van der Waals surface area contributed by atoms with Crippen LogP contribution in [0, 0.1) is 0 Å². The van der Waals surface area contributed by atoms with E-state index < -0.39 is 23.1 Å². The molecule has 1 aromatic rings. The first-order valence-corrected chi connectivity index (χ1v) is 5.21. The van der Waals surface area contributed by atoms with Gasteiger partial charge >= 0.3 is 5.79 Å². The molecule has 1 atom stereocenters. The molecular formula is C12H10O6. The largest absolute Gasteiger partial charge is 0.503 e. The highest BCUT2D eigenvalue weighted by atomic mass is 16.8. The van der Waals surface area contributed by atoms with Crippen molar-refractivity contribution >= 4 is 0 Å². The van der Waals surface area contributed by atoms with E-state index in [1.807, 2.05) is 0 Å². The van der Waals surface area contributed by atoms with Crippen LogP contribution in [-0.4, -0.2) is 22.1 Å². The van der Waals surface area contributed by atoms with Gasteiger partial charge in [0.2, 0.25) is 11.5 Å². The van der Waals surface area contributed by atoms with Gasteiger partial charge in [0.25, 0.3) is 0 Å². The van der Waals surface area contributed by atoms with Crippen molar-refractivity contribution in [3.8, 4) is 5.75 Å². The molecule has 2 heterocycles. The second-order valence-corrected chi connectivity index (χ2v) is 3.84. The Morgan fingerprint density at radius 1 is 1.11 bits per heavy atom. The number of ether oxygens (including phenoxy) is 3. The summed E-state index contributed by atoms with van der Waals surface area (Å²) in [4.78, 5) is 0. The highest BCUT2D eigenvalue weighted by Gasteiger charge is 2.49. The van der Waals surface area contributed by atoms with E-state index >= 15 is 0 Å². The fourth-order valence-electron chi connectivity index (χ4n) is 1.94. The summed E-state index contributed by atoms with van der Waals surface area (Å²) in [5.41, 5.74) is 0.407. The van der Waals surface area contributed by atoms with Crippen LogP contribution in [0.5, 0.6) is 5.75 Å². The highest BCUT2D eigenvalue weighted by Crippen LogP contribution is 2.45. The molecule has 6 nitrogen and oxygen atoms in total. The fraction of sp³-hybridized carbons (Fsp3) is 0.167. The molecule has 0 bridgehead atoms. The number of aliphatic hydroxyl groups excluding tert-OH is 3. The van der Waals surface area contributed by atoms with Gasteiger partial charge in [0.05, 0.1) is 5.56 Å². The molecule has 1 unspecified atom stereocenters. The van der Waals surface area contributed by atoms with Crippen LogP contribution >= 0.6 is 0 Å². The zero-order valence-corrected chi connectivity index (χ0v) is 9.16. The molecular weight excluding hydrogens is 240 g/mol. The normalized spacial score (nSPS) is 26.1. The standard InChI is InChI=1S/C12H10O6/c13-8-5-17-12(11(15)10(8)14)7-3-1-2-4-9(7)16-6-18-12/h1-5,13-15H,6H2. The van der Waals surface area contributed by atoms with Crippen LogP contribution in [0.15, 0.2) is 47.8 Å². The van der Waals surface area contributed by atoms with Gasteiger partial charge in [-0.2, -0.15) is 0 Å². The van der Waals surface area contributed by atoms with Crippen LogP contribution in [0.25, 0.3) is 0 Å². The van der Waals surface area contributed by atoms with Gasteiger partial charge in [-0.05, 0) is 12.1 Å². The average molecular weight is 250 g/mol. The number of benzene rings is 1. The third-order valence-corrected chi connectivity index (χ3v) is 2.83. The predicted octanol–water partition coefficient (Wildman–Crippen LogP) is 1.96. The molecule has 94 valence electrons. The SMILES string of the molecule is OC1=COC2(OCOc3ccccc32)C(O)=C1O. The van der Waals surface area contributed by atoms with E-state index in [2.05, 4.69) is 0 Å². The van der Waals surface area contributed by atoms with Crippen molar-refractivity contribution in [3.05, 3.63) is 53.4 Å². The van der Waals surface area contributed by atoms with E-state index in [0.717, 1.165) is 6.26 Å². The van der Waals surface area contributed by atoms with E-state index in [0.29, 0.717) is 11.3 Å². The van der Waals surface area contributed by atoms with E-state index in [4.69, 9.17) is 14.2 Å². The van der Waals surface area contributed by atoms with Crippen LogP contribution in [-0.2, 0) is 15.3 Å². The maximum absolute atomic E-state index is 9.99. The van der Waals surface area contributed by atoms with Gasteiger partial charge in [0.15, 0.2) is 12.6 Å². The van der Waals surface area contributed by atoms with Crippen molar-refractivity contribution in [2.24, 2.45) is 0 Å². The Labute approximate surface area is 102 Å². The van der Waals surface area contributed by atoms with Crippen LogP contribution in [0.4, 0.5) is 0 Å². The molecule has 0 radical (unpaired) electrons. The van der Waals surface area contributed by atoms with Gasteiger partial charge in [-0.25, -0.2) is 0 Å². The topological polar surface area (TPSA) is 88.4 Å². The Bertz CT molecular complexity index is 561. The van der Waals surface area contributed by atoms with Crippen molar-refractivity contribution < 1.29 is 29.5 Å². The lowest BCUT2D eigenvalue weighted by Gasteiger charge is -2.38. The summed E-state index contributed by atoms with van der Waals surface area (Å²) in [5, 5.41) is 28.9. The minimum Gasteiger partial charge on any atom is -0.503 e. The van der Waals surface area contributed by atoms with Crippen molar-refractivity contribution in [2.75, 3.05) is 6.79 Å². The van der Waals surface area contributed by atoms with Crippen molar-refractivity contribution in [1.82, 2.24) is 0 Å². The summed E-state index contributed by atoms with van der Waals surface area (Å²) in [6.07, 6.45) is 0.914. The quantitative estimate of drug-likeness (QED) is 0.652. The molecule has 0 saturated carbocycles. The molecule has 0 amide bonds. The van der Waals surface area contributed by atoms with Crippen LogP contribution in [0.1, 0.15) is 5.56 Å². The predicted molar refractivity (Wildman–Crippen MR) is 58.8 cm³/mol. The van der Waals surface area contributed by atoms with E-state index in [9.17, 15) is 15.3 Å². The number of hydrogen-bond acceptors (Lipinski definition) is 6.